The minimum absolute atomic E-state index is 0.119. The lowest BCUT2D eigenvalue weighted by Gasteiger charge is -2.04. The van der Waals surface area contributed by atoms with Crippen LogP contribution >= 0.6 is 34.4 Å². The number of anilines is 3. The van der Waals surface area contributed by atoms with Crippen LogP contribution in [-0.4, -0.2) is 33.8 Å². The number of nitrogens with two attached hydrogens (primary N) is 1. The van der Waals surface area contributed by atoms with E-state index < -0.39 is 11.9 Å². The van der Waals surface area contributed by atoms with Gasteiger partial charge in [0, 0.05) is 11.3 Å². The molecule has 0 aliphatic heterocycles. The van der Waals surface area contributed by atoms with Crippen molar-refractivity contribution in [3.8, 4) is 0 Å². The predicted octanol–water partition coefficient (Wildman–Crippen LogP) is 3.07. The summed E-state index contributed by atoms with van der Waals surface area (Å²) in [7, 11) is 0. The van der Waals surface area contributed by atoms with Crippen LogP contribution in [-0.2, 0) is 4.79 Å². The van der Waals surface area contributed by atoms with Gasteiger partial charge in [0.05, 0.1) is 10.8 Å². The summed E-state index contributed by atoms with van der Waals surface area (Å²) in [5.74, 6) is -0.650. The van der Waals surface area contributed by atoms with E-state index >= 15 is 0 Å². The van der Waals surface area contributed by atoms with E-state index in [1.165, 1.54) is 46.6 Å². The van der Waals surface area contributed by atoms with Crippen LogP contribution in [0, 0.1) is 0 Å². The van der Waals surface area contributed by atoms with E-state index in [4.69, 9.17) is 5.73 Å². The van der Waals surface area contributed by atoms with Crippen molar-refractivity contribution < 1.29 is 14.4 Å². The molecule has 3 aromatic rings. The van der Waals surface area contributed by atoms with E-state index in [1.54, 1.807) is 18.2 Å². The molecule has 144 valence electrons. The first-order valence-electron chi connectivity index (χ1n) is 7.77. The molecule has 0 radical (unpaired) electrons. The number of nitrogens with zero attached hydrogens (tertiary/aromatic N) is 2. The Hall–Kier alpha value is -2.96. The van der Waals surface area contributed by atoms with E-state index in [9.17, 15) is 14.4 Å². The molecule has 0 fully saturated rings. The first kappa shape index (κ1) is 19.8. The third-order valence-electron chi connectivity index (χ3n) is 3.16. The second-order valence-corrected chi connectivity index (χ2v) is 8.36. The molecule has 0 atom stereocenters. The van der Waals surface area contributed by atoms with Gasteiger partial charge in [-0.1, -0.05) is 23.1 Å². The van der Waals surface area contributed by atoms with Crippen molar-refractivity contribution in [2.75, 3.05) is 21.7 Å². The molecule has 1 aromatic carbocycles. The van der Waals surface area contributed by atoms with Gasteiger partial charge >= 0.3 is 6.03 Å². The molecular weight excluding hydrogens is 420 g/mol. The number of carbonyl (C=O) groups is 3. The quantitative estimate of drug-likeness (QED) is 0.333. The highest BCUT2D eigenvalue weighted by atomic mass is 32.2. The lowest BCUT2D eigenvalue weighted by molar-refractivity contribution is -0.113. The fourth-order valence-electron chi connectivity index (χ4n) is 1.95. The first-order chi connectivity index (χ1) is 13.5. The van der Waals surface area contributed by atoms with Gasteiger partial charge in [-0.2, -0.15) is 0 Å². The van der Waals surface area contributed by atoms with Gasteiger partial charge in [-0.3, -0.25) is 20.2 Å². The summed E-state index contributed by atoms with van der Waals surface area (Å²) < 4.78 is 0.547. The number of primary amides is 1. The second kappa shape index (κ2) is 9.30. The van der Waals surface area contributed by atoms with E-state index in [2.05, 4.69) is 26.1 Å². The maximum Gasteiger partial charge on any atom is 0.326 e. The number of rotatable bonds is 7. The summed E-state index contributed by atoms with van der Waals surface area (Å²) in [6, 6.07) is 9.48. The number of amides is 4. The van der Waals surface area contributed by atoms with Crippen LogP contribution in [0.15, 0.2) is 46.1 Å². The summed E-state index contributed by atoms with van der Waals surface area (Å²) in [5.41, 5.74) is 6.09. The molecular formula is C16H14N6O3S3. The highest BCUT2D eigenvalue weighted by molar-refractivity contribution is 8.01. The highest BCUT2D eigenvalue weighted by Crippen LogP contribution is 2.26. The van der Waals surface area contributed by atoms with Gasteiger partial charge in [-0.05, 0) is 41.8 Å². The minimum Gasteiger partial charge on any atom is -0.366 e. The van der Waals surface area contributed by atoms with Gasteiger partial charge in [0.25, 0.3) is 0 Å². The van der Waals surface area contributed by atoms with E-state index in [-0.39, 0.29) is 11.7 Å². The fraction of sp³-hybridized carbons (Fsp3) is 0.0625. The van der Waals surface area contributed by atoms with Crippen molar-refractivity contribution in [2.24, 2.45) is 5.73 Å². The van der Waals surface area contributed by atoms with Crippen LogP contribution in [0.4, 0.5) is 20.6 Å². The smallest absolute Gasteiger partial charge is 0.326 e. The molecule has 9 nitrogen and oxygen atoms in total. The lowest BCUT2D eigenvalue weighted by atomic mass is 10.2. The number of urea groups is 1. The summed E-state index contributed by atoms with van der Waals surface area (Å²) >= 11 is 3.77. The molecule has 3 rings (SSSR count). The Labute approximate surface area is 171 Å². The van der Waals surface area contributed by atoms with Crippen LogP contribution < -0.4 is 21.7 Å². The highest BCUT2D eigenvalue weighted by Gasteiger charge is 2.11. The zero-order valence-corrected chi connectivity index (χ0v) is 16.6. The Bertz CT molecular complexity index is 972. The van der Waals surface area contributed by atoms with Crippen molar-refractivity contribution in [1.82, 2.24) is 10.2 Å². The SMILES string of the molecule is NC(=O)c1ccc(NC(=O)CSc2nnc(NC(=O)Nc3cccs3)s2)cc1. The van der Waals surface area contributed by atoms with Gasteiger partial charge < -0.3 is 11.1 Å². The molecule has 0 aliphatic carbocycles. The van der Waals surface area contributed by atoms with E-state index in [0.29, 0.717) is 20.7 Å². The second-order valence-electron chi connectivity index (χ2n) is 5.21. The van der Waals surface area contributed by atoms with Gasteiger partial charge in [0.1, 0.15) is 0 Å². The predicted molar refractivity (Wildman–Crippen MR) is 111 cm³/mol. The van der Waals surface area contributed by atoms with Crippen LogP contribution in [0.2, 0.25) is 0 Å². The molecule has 2 heterocycles. The van der Waals surface area contributed by atoms with E-state index in [1.807, 2.05) is 11.4 Å². The topological polar surface area (TPSA) is 139 Å². The van der Waals surface area contributed by atoms with Crippen molar-refractivity contribution in [1.29, 1.82) is 0 Å². The van der Waals surface area contributed by atoms with Crippen molar-refractivity contribution in [3.05, 3.63) is 47.3 Å². The average Bonchev–Trinajstić information content (AvgIpc) is 3.32. The molecule has 5 N–H and O–H groups in total. The molecule has 0 bridgehead atoms. The van der Waals surface area contributed by atoms with Crippen LogP contribution in [0.1, 0.15) is 10.4 Å². The minimum atomic E-state index is -0.529. The zero-order valence-electron chi connectivity index (χ0n) is 14.2. The Morgan fingerprint density at radius 3 is 2.50 bits per heavy atom. The molecule has 0 saturated heterocycles. The molecule has 0 saturated carbocycles. The normalized spacial score (nSPS) is 10.3. The molecule has 0 spiro atoms. The monoisotopic (exact) mass is 434 g/mol. The van der Waals surface area contributed by atoms with Crippen LogP contribution in [0.5, 0.6) is 0 Å². The summed E-state index contributed by atoms with van der Waals surface area (Å²) in [6.07, 6.45) is 0. The Kier molecular flexibility index (Phi) is 6.57. The molecule has 0 unspecified atom stereocenters. The molecule has 2 aromatic heterocycles. The maximum atomic E-state index is 12.0. The van der Waals surface area contributed by atoms with Crippen LogP contribution in [0.3, 0.4) is 0 Å². The number of hydrogen-bond donors (Lipinski definition) is 4. The summed E-state index contributed by atoms with van der Waals surface area (Å²) in [4.78, 5) is 34.9. The number of carbonyl (C=O) groups excluding carboxylic acids is 3. The van der Waals surface area contributed by atoms with Gasteiger partial charge in [-0.25, -0.2) is 4.79 Å². The Morgan fingerprint density at radius 2 is 1.82 bits per heavy atom. The summed E-state index contributed by atoms with van der Waals surface area (Å²) in [6.45, 7) is 0. The molecule has 4 amide bonds. The average molecular weight is 435 g/mol. The number of thiophene rings is 1. The number of thioether (sulfide) groups is 1. The van der Waals surface area contributed by atoms with Gasteiger partial charge in [0.2, 0.25) is 16.9 Å². The number of nitrogens with one attached hydrogen (secondary N) is 3. The zero-order chi connectivity index (χ0) is 19.9. The molecule has 12 heteroatoms. The largest absolute Gasteiger partial charge is 0.366 e. The Morgan fingerprint density at radius 1 is 1.04 bits per heavy atom. The number of aromatic nitrogens is 2. The van der Waals surface area contributed by atoms with Crippen molar-refractivity contribution in [3.63, 3.8) is 0 Å². The van der Waals surface area contributed by atoms with Crippen molar-refractivity contribution >= 4 is 68.1 Å². The number of hydrogen-bond acceptors (Lipinski definition) is 8. The molecule has 28 heavy (non-hydrogen) atoms. The Balaban J connectivity index is 1.45. The fourth-order valence-corrected chi connectivity index (χ4v) is 4.11. The van der Waals surface area contributed by atoms with Gasteiger partial charge in [-0.15, -0.1) is 21.5 Å². The number of benzene rings is 1. The third-order valence-corrected chi connectivity index (χ3v) is 5.92. The third kappa shape index (κ3) is 5.77. The lowest BCUT2D eigenvalue weighted by Crippen LogP contribution is -2.18. The van der Waals surface area contributed by atoms with Crippen LogP contribution in [0.25, 0.3) is 0 Å². The maximum absolute atomic E-state index is 12.0. The summed E-state index contributed by atoms with van der Waals surface area (Å²) in [5, 5.41) is 18.7. The van der Waals surface area contributed by atoms with E-state index in [0.717, 1.165) is 5.00 Å². The molecule has 0 aliphatic rings. The first-order valence-corrected chi connectivity index (χ1v) is 10.5. The standard InChI is InChI=1S/C16H14N6O3S3/c17-13(24)9-3-5-10(6-4-9)18-11(23)8-27-16-22-21-15(28-16)20-14(25)19-12-2-1-7-26-12/h1-7H,8H2,(H2,17,24)(H,18,23)(H2,19,20,21,25). The van der Waals surface area contributed by atoms with Gasteiger partial charge in [0.15, 0.2) is 4.34 Å². The van der Waals surface area contributed by atoms with Crippen molar-refractivity contribution in [2.45, 2.75) is 4.34 Å².